The SMILES string of the molecule is COc1ccc2cc(-c3cccnc3[C@H](Cc3cc(C)cc(F)c3)NC(=O)Cc3c[nH]c4ccc(F)cc34)ccc2c1.Cc1cc(F)cc(C[C@H](NC(=O)Cc2c[nH]c3ccc(F)cc23)c2ncccc2-c2ccc(Cl)c(F)c2)c1.O=C(Cn1nc(C(F)F)c2c1C(F)(F)C1CC21)N[C@@H](Cc1cc(F)cc(F)c1)c1ncccc1-c1ccc2ccccc2c1. The number of ether oxygens (including phenoxy) is 1. The Balaban J connectivity index is 0.000000138. The monoisotopic (exact) mass is 1700 g/mol. The summed E-state index contributed by atoms with van der Waals surface area (Å²) in [6.45, 7) is 2.88. The Morgan fingerprint density at radius 2 is 0.927 bits per heavy atom. The van der Waals surface area contributed by atoms with Gasteiger partial charge in [-0.1, -0.05) is 103 Å². The molecular weight excluding hydrogens is 1630 g/mol. The normalized spacial score (nSPS) is 14.4. The van der Waals surface area contributed by atoms with Gasteiger partial charge in [0.2, 0.25) is 17.7 Å². The van der Waals surface area contributed by atoms with Crippen LogP contribution in [0.25, 0.3) is 76.7 Å². The van der Waals surface area contributed by atoms with Crippen LogP contribution in [0.5, 0.6) is 5.75 Å². The first-order valence-electron chi connectivity index (χ1n) is 39.7. The average molecular weight is 1700 g/mol. The minimum Gasteiger partial charge on any atom is -0.497 e. The molecule has 26 heteroatoms. The summed E-state index contributed by atoms with van der Waals surface area (Å²) < 4.78 is 163. The number of rotatable bonds is 23. The van der Waals surface area contributed by atoms with E-state index in [9.17, 15) is 53.9 Å². The molecule has 6 heterocycles. The number of benzene rings is 10. The van der Waals surface area contributed by atoms with Crippen LogP contribution in [-0.4, -0.2) is 59.5 Å². The zero-order chi connectivity index (χ0) is 86.8. The quantitative estimate of drug-likeness (QED) is 0.0392. The zero-order valence-corrected chi connectivity index (χ0v) is 67.3. The number of halogens is 12. The van der Waals surface area contributed by atoms with Gasteiger partial charge in [0.05, 0.1) is 60.2 Å². The zero-order valence-electron chi connectivity index (χ0n) is 66.6. The van der Waals surface area contributed by atoms with Crippen LogP contribution < -0.4 is 20.7 Å². The predicted octanol–water partition coefficient (Wildman–Crippen LogP) is 22.5. The highest BCUT2D eigenvalue weighted by Crippen LogP contribution is 2.68. The molecule has 1 fully saturated rings. The van der Waals surface area contributed by atoms with E-state index in [2.05, 4.69) is 47.1 Å². The number of aromatic amines is 2. The standard InChI is InChI=1S/C35H29F2N3O2.C33H24F6N4O.C30H23ClF3N3O/c1-21-12-22(14-28(37)13-21)15-33(40-34(41)18-26-20-39-32-10-8-27(36)19-31(26)32)35-30(4-3-11-38-35)25-6-5-24-17-29(42-2)9-7-23(24)16-25;34-21-10-17(11-22(35)14-21)12-26(29-23(6-3-9-40-29)20-8-7-18-4-1-2-5-19(18)13-20)41-27(44)16-43-31-28(30(42-43)32(36)37)24-15-25(24)33(31,38)39;1-17-9-18(11-22(33)10-17)12-28(30-23(3-2-8-35-30)19-4-6-25(31)26(34)13-19)37-29(38)14-20-16-36-27-7-5-21(32)15-24(20)27/h3-14,16-17,19-20,33,39H,15,18H2,1-2H3,(H,40,41);1-11,13-14,24-26,32H,12,15-16H2,(H,41,44);2-11,13,15-16,28,36H,12,14H2,1H3,(H,37,38)/t33-;24?,25?,26-;28-/m000/s1. The van der Waals surface area contributed by atoms with E-state index in [1.165, 1.54) is 66.9 Å². The highest BCUT2D eigenvalue weighted by Gasteiger charge is 2.67. The van der Waals surface area contributed by atoms with Gasteiger partial charge in [0.15, 0.2) is 0 Å². The molecule has 14 nitrogen and oxygen atoms in total. The van der Waals surface area contributed by atoms with Crippen molar-refractivity contribution < 1.29 is 67.4 Å². The largest absolute Gasteiger partial charge is 0.497 e. The fraction of sp³-hybridized carbons (Fsp3) is 0.173. The maximum atomic E-state index is 15.1. The van der Waals surface area contributed by atoms with E-state index in [0.29, 0.717) is 72.3 Å². The van der Waals surface area contributed by atoms with Crippen molar-refractivity contribution in [3.05, 3.63) is 374 Å². The van der Waals surface area contributed by atoms with Crippen LogP contribution in [0.1, 0.15) is 110 Å². The van der Waals surface area contributed by atoms with Crippen LogP contribution in [0.3, 0.4) is 0 Å². The van der Waals surface area contributed by atoms with Crippen molar-refractivity contribution in [1.82, 2.24) is 50.7 Å². The molecule has 0 aliphatic heterocycles. The van der Waals surface area contributed by atoms with Crippen molar-refractivity contribution in [2.75, 3.05) is 7.11 Å². The first-order valence-corrected chi connectivity index (χ1v) is 40.1. The van der Waals surface area contributed by atoms with E-state index in [0.717, 1.165) is 89.9 Å². The van der Waals surface area contributed by atoms with Crippen LogP contribution in [0, 0.1) is 60.5 Å². The topological polar surface area (TPSA) is 185 Å². The van der Waals surface area contributed by atoms with E-state index in [4.69, 9.17) is 21.3 Å². The lowest BCUT2D eigenvalue weighted by molar-refractivity contribution is -0.123. The van der Waals surface area contributed by atoms with E-state index >= 15 is 8.78 Å². The lowest BCUT2D eigenvalue weighted by atomic mass is 9.93. The second-order valence-electron chi connectivity index (χ2n) is 31.0. The molecular formula is C98H76ClF11N10O4. The molecule has 0 radical (unpaired) electrons. The average Bonchev–Trinajstić information content (AvgIpc) is 1.52. The number of amides is 3. The number of aromatic nitrogens is 7. The summed E-state index contributed by atoms with van der Waals surface area (Å²) in [5, 5.41) is 18.0. The lowest BCUT2D eigenvalue weighted by Crippen LogP contribution is -2.35. The number of alkyl halides is 4. The van der Waals surface area contributed by atoms with Gasteiger partial charge in [0.25, 0.3) is 12.3 Å². The fourth-order valence-electron chi connectivity index (χ4n) is 16.7. The molecule has 10 aromatic carbocycles. The first kappa shape index (κ1) is 83.8. The molecule has 3 amide bonds. The third-order valence-electron chi connectivity index (χ3n) is 22.2. The Morgan fingerprint density at radius 3 is 1.42 bits per heavy atom. The summed E-state index contributed by atoms with van der Waals surface area (Å²) >= 11 is 5.89. The molecule has 2 unspecified atom stereocenters. The third kappa shape index (κ3) is 18.6. The third-order valence-corrected chi connectivity index (χ3v) is 22.5. The van der Waals surface area contributed by atoms with Gasteiger partial charge in [-0.15, -0.1) is 0 Å². The van der Waals surface area contributed by atoms with E-state index < -0.39 is 89.4 Å². The molecule has 16 aromatic rings. The van der Waals surface area contributed by atoms with E-state index in [1.54, 1.807) is 81.3 Å². The van der Waals surface area contributed by atoms with Crippen molar-refractivity contribution >= 4 is 72.7 Å². The molecule has 5 N–H and O–H groups in total. The van der Waals surface area contributed by atoms with Gasteiger partial charge in [-0.25, -0.2) is 39.5 Å². The molecule has 2 aliphatic rings. The molecule has 626 valence electrons. The minimum absolute atomic E-state index is 0.00514. The maximum Gasteiger partial charge on any atom is 0.293 e. The molecule has 1 saturated carbocycles. The van der Waals surface area contributed by atoms with Crippen LogP contribution in [0.4, 0.5) is 48.3 Å². The van der Waals surface area contributed by atoms with Gasteiger partial charge in [-0.3, -0.25) is 34.0 Å². The molecule has 6 aromatic heterocycles. The van der Waals surface area contributed by atoms with Gasteiger partial charge >= 0.3 is 0 Å². The fourth-order valence-corrected chi connectivity index (χ4v) is 16.8. The second kappa shape index (κ2) is 35.7. The van der Waals surface area contributed by atoms with Crippen LogP contribution in [-0.2, 0) is 59.0 Å². The molecule has 2 aliphatic carbocycles. The number of H-pyrrole nitrogens is 2. The van der Waals surface area contributed by atoms with Crippen molar-refractivity contribution in [1.29, 1.82) is 0 Å². The second-order valence-corrected chi connectivity index (χ2v) is 31.4. The Morgan fingerprint density at radius 1 is 0.484 bits per heavy atom. The number of aryl methyl sites for hydroxylation is 2. The lowest BCUT2D eigenvalue weighted by Gasteiger charge is -2.22. The van der Waals surface area contributed by atoms with Crippen molar-refractivity contribution in [2.24, 2.45) is 5.92 Å². The predicted molar refractivity (Wildman–Crippen MR) is 454 cm³/mol. The number of methoxy groups -OCH3 is 1. The minimum atomic E-state index is -3.39. The highest BCUT2D eigenvalue weighted by molar-refractivity contribution is 6.30. The van der Waals surface area contributed by atoms with Crippen LogP contribution >= 0.6 is 11.6 Å². The maximum absolute atomic E-state index is 15.1. The number of hydrogen-bond acceptors (Lipinski definition) is 8. The number of nitrogens with one attached hydrogen (secondary N) is 5. The summed E-state index contributed by atoms with van der Waals surface area (Å²) in [5.74, 6) is -9.43. The number of pyridine rings is 3. The number of fused-ring (bicyclic) bond motifs is 7. The van der Waals surface area contributed by atoms with E-state index in [-0.39, 0.29) is 77.5 Å². The van der Waals surface area contributed by atoms with Crippen molar-refractivity contribution in [3.8, 4) is 39.1 Å². The Hall–Kier alpha value is -13.8. The number of carbonyl (C=O) groups excluding carboxylic acids is 3. The number of nitrogens with zero attached hydrogens (tertiary/aromatic N) is 5. The summed E-state index contributed by atoms with van der Waals surface area (Å²) in [7, 11) is 1.64. The highest BCUT2D eigenvalue weighted by atomic mass is 35.5. The molecule has 0 spiro atoms. The number of carbonyl (C=O) groups is 3. The van der Waals surface area contributed by atoms with Crippen LogP contribution in [0.2, 0.25) is 5.02 Å². The molecule has 18 rings (SSSR count). The van der Waals surface area contributed by atoms with Crippen molar-refractivity contribution in [2.45, 2.75) is 95.3 Å². The summed E-state index contributed by atoms with van der Waals surface area (Å²) in [6, 6.07) is 60.0. The molecule has 0 saturated heterocycles. The molecule has 5 atom stereocenters. The van der Waals surface area contributed by atoms with Gasteiger partial charge in [0.1, 0.15) is 64.4 Å². The van der Waals surface area contributed by atoms with Crippen molar-refractivity contribution in [3.63, 3.8) is 0 Å². The van der Waals surface area contributed by atoms with Gasteiger partial charge < -0.3 is 30.7 Å². The molecule has 0 bridgehead atoms. The van der Waals surface area contributed by atoms with Gasteiger partial charge in [-0.05, 0) is 250 Å². The first-order chi connectivity index (χ1) is 59.7. The summed E-state index contributed by atoms with van der Waals surface area (Å²) in [5.41, 5.74) is 10.3. The Labute approximate surface area is 708 Å². The Bertz CT molecular complexity index is 6710. The number of hydrogen-bond donors (Lipinski definition) is 5. The van der Waals surface area contributed by atoms with Crippen LogP contribution in [0.15, 0.2) is 255 Å². The van der Waals surface area contributed by atoms with Gasteiger partial charge in [-0.2, -0.15) is 13.9 Å². The van der Waals surface area contributed by atoms with E-state index in [1.807, 2.05) is 104 Å². The van der Waals surface area contributed by atoms with Gasteiger partial charge in [0, 0.05) is 87.0 Å². The summed E-state index contributed by atoms with van der Waals surface area (Å²) in [6.07, 6.45) is 5.73. The summed E-state index contributed by atoms with van der Waals surface area (Å²) in [4.78, 5) is 60.2. The Kier molecular flexibility index (Phi) is 24.1. The molecule has 124 heavy (non-hydrogen) atoms. The smallest absolute Gasteiger partial charge is 0.293 e.